The number of carboxylic acids is 1. The monoisotopic (exact) mass is 276 g/mol. The van der Waals surface area contributed by atoms with Crippen LogP contribution in [0.4, 0.5) is 0 Å². The summed E-state index contributed by atoms with van der Waals surface area (Å²) in [6.45, 7) is 1.61. The zero-order chi connectivity index (χ0) is 15.1. The summed E-state index contributed by atoms with van der Waals surface area (Å²) in [6, 6.07) is 6.00. The third-order valence-electron chi connectivity index (χ3n) is 2.49. The molecule has 0 aliphatic carbocycles. The second-order valence-electron chi connectivity index (χ2n) is 4.33. The Balaban J connectivity index is 2.56. The largest absolute Gasteiger partial charge is 0.481 e. The third-order valence-corrected chi connectivity index (χ3v) is 2.49. The average molecular weight is 276 g/mol. The van der Waals surface area contributed by atoms with Crippen LogP contribution in [0.2, 0.25) is 0 Å². The summed E-state index contributed by atoms with van der Waals surface area (Å²) >= 11 is 0. The highest BCUT2D eigenvalue weighted by molar-refractivity contribution is 5.94. The van der Waals surface area contributed by atoms with Gasteiger partial charge in [0.05, 0.1) is 6.42 Å². The number of carboxylic acid groups (broad SMARTS) is 1. The van der Waals surface area contributed by atoms with E-state index in [1.807, 2.05) is 0 Å². The van der Waals surface area contributed by atoms with Crippen LogP contribution in [-0.2, 0) is 9.59 Å². The summed E-state index contributed by atoms with van der Waals surface area (Å²) < 4.78 is 0. The Morgan fingerprint density at radius 2 is 1.90 bits per heavy atom. The number of hydrogen-bond acceptors (Lipinski definition) is 3. The van der Waals surface area contributed by atoms with Gasteiger partial charge in [0.15, 0.2) is 0 Å². The van der Waals surface area contributed by atoms with Gasteiger partial charge in [-0.05, 0) is 30.7 Å². The lowest BCUT2D eigenvalue weighted by Crippen LogP contribution is -2.32. The minimum absolute atomic E-state index is 0.132. The molecule has 0 spiro atoms. The number of nitrogens with two attached hydrogens (primary N) is 1. The van der Waals surface area contributed by atoms with Gasteiger partial charge in [0, 0.05) is 17.7 Å². The molecule has 2 amide bonds. The van der Waals surface area contributed by atoms with E-state index >= 15 is 0 Å². The smallest absolute Gasteiger partial charge is 0.305 e. The molecule has 106 valence electrons. The van der Waals surface area contributed by atoms with Crippen LogP contribution in [0.25, 0.3) is 6.08 Å². The van der Waals surface area contributed by atoms with E-state index in [1.54, 1.807) is 37.3 Å². The van der Waals surface area contributed by atoms with Crippen molar-refractivity contribution in [2.75, 3.05) is 0 Å². The Labute approximate surface area is 116 Å². The molecule has 0 radical (unpaired) electrons. The molecule has 1 aromatic carbocycles. The van der Waals surface area contributed by atoms with E-state index in [4.69, 9.17) is 10.8 Å². The number of rotatable bonds is 6. The fourth-order valence-corrected chi connectivity index (χ4v) is 1.53. The molecule has 1 atom stereocenters. The van der Waals surface area contributed by atoms with Gasteiger partial charge < -0.3 is 16.2 Å². The molecule has 20 heavy (non-hydrogen) atoms. The quantitative estimate of drug-likeness (QED) is 0.667. The van der Waals surface area contributed by atoms with Gasteiger partial charge >= 0.3 is 5.97 Å². The van der Waals surface area contributed by atoms with Crippen molar-refractivity contribution < 1.29 is 19.5 Å². The predicted octanol–water partition coefficient (Wildman–Crippen LogP) is 0.778. The maximum atomic E-state index is 11.5. The van der Waals surface area contributed by atoms with Gasteiger partial charge in [-0.25, -0.2) is 0 Å². The van der Waals surface area contributed by atoms with Gasteiger partial charge in [0.2, 0.25) is 11.8 Å². The molecule has 0 saturated carbocycles. The van der Waals surface area contributed by atoms with Crippen molar-refractivity contribution in [3.05, 3.63) is 41.5 Å². The van der Waals surface area contributed by atoms with Crippen LogP contribution < -0.4 is 11.1 Å². The van der Waals surface area contributed by atoms with Crippen molar-refractivity contribution in [1.29, 1.82) is 0 Å². The van der Waals surface area contributed by atoms with Gasteiger partial charge in [-0.15, -0.1) is 0 Å². The van der Waals surface area contributed by atoms with Crippen molar-refractivity contribution in [3.63, 3.8) is 0 Å². The summed E-state index contributed by atoms with van der Waals surface area (Å²) in [5, 5.41) is 11.1. The highest BCUT2D eigenvalue weighted by Gasteiger charge is 2.08. The topological polar surface area (TPSA) is 109 Å². The first kappa shape index (κ1) is 15.4. The zero-order valence-corrected chi connectivity index (χ0v) is 11.0. The van der Waals surface area contributed by atoms with Gasteiger partial charge in [0.1, 0.15) is 0 Å². The Hall–Kier alpha value is -2.63. The van der Waals surface area contributed by atoms with Gasteiger partial charge in [-0.3, -0.25) is 14.4 Å². The van der Waals surface area contributed by atoms with Crippen LogP contribution in [-0.4, -0.2) is 28.9 Å². The molecule has 1 rings (SSSR count). The lowest BCUT2D eigenvalue weighted by atomic mass is 10.1. The molecular formula is C14H16N2O4. The molecule has 6 nitrogen and oxygen atoms in total. The molecule has 0 aromatic heterocycles. The van der Waals surface area contributed by atoms with Crippen molar-refractivity contribution in [2.45, 2.75) is 19.4 Å². The van der Waals surface area contributed by atoms with Crippen molar-refractivity contribution in [1.82, 2.24) is 5.32 Å². The maximum absolute atomic E-state index is 11.5. The minimum atomic E-state index is -0.969. The minimum Gasteiger partial charge on any atom is -0.481 e. The van der Waals surface area contributed by atoms with Crippen LogP contribution >= 0.6 is 0 Å². The summed E-state index contributed by atoms with van der Waals surface area (Å²) in [4.78, 5) is 32.8. The van der Waals surface area contributed by atoms with Crippen molar-refractivity contribution in [3.8, 4) is 0 Å². The predicted molar refractivity (Wildman–Crippen MR) is 73.9 cm³/mol. The molecule has 0 bridgehead atoms. The van der Waals surface area contributed by atoms with Gasteiger partial charge in [-0.1, -0.05) is 12.1 Å². The molecular weight excluding hydrogens is 260 g/mol. The first-order valence-electron chi connectivity index (χ1n) is 5.98. The maximum Gasteiger partial charge on any atom is 0.305 e. The van der Waals surface area contributed by atoms with Crippen LogP contribution in [0.1, 0.15) is 29.3 Å². The summed E-state index contributed by atoms with van der Waals surface area (Å²) in [6.07, 6.45) is 2.73. The van der Waals surface area contributed by atoms with Crippen LogP contribution in [0, 0.1) is 0 Å². The lowest BCUT2D eigenvalue weighted by Gasteiger charge is -2.08. The number of primary amides is 1. The number of benzene rings is 1. The normalized spacial score (nSPS) is 12.1. The molecule has 1 aromatic rings. The molecule has 6 heteroatoms. The van der Waals surface area contributed by atoms with E-state index in [9.17, 15) is 14.4 Å². The lowest BCUT2D eigenvalue weighted by molar-refractivity contribution is -0.137. The summed E-state index contributed by atoms with van der Waals surface area (Å²) in [5.41, 5.74) is 6.23. The Morgan fingerprint density at radius 1 is 1.30 bits per heavy atom. The van der Waals surface area contributed by atoms with Crippen molar-refractivity contribution in [2.24, 2.45) is 5.73 Å². The van der Waals surface area contributed by atoms with E-state index in [0.29, 0.717) is 5.56 Å². The molecule has 4 N–H and O–H groups in total. The number of carbonyl (C=O) groups excluding carboxylic acids is 2. The number of carbonyl (C=O) groups is 3. The Bertz CT molecular complexity index is 535. The van der Waals surface area contributed by atoms with E-state index in [1.165, 1.54) is 6.08 Å². The van der Waals surface area contributed by atoms with E-state index < -0.39 is 17.9 Å². The summed E-state index contributed by atoms with van der Waals surface area (Å²) in [7, 11) is 0. The highest BCUT2D eigenvalue weighted by Crippen LogP contribution is 2.05. The van der Waals surface area contributed by atoms with Gasteiger partial charge in [0.25, 0.3) is 0 Å². The fourth-order valence-electron chi connectivity index (χ4n) is 1.53. The summed E-state index contributed by atoms with van der Waals surface area (Å²) in [5.74, 6) is -1.86. The SMILES string of the molecule is CC(CC(=O)O)NC(=O)/C=C/c1ccc(C(N)=O)cc1. The van der Waals surface area contributed by atoms with Crippen LogP contribution in [0.3, 0.4) is 0 Å². The van der Waals surface area contributed by atoms with Crippen LogP contribution in [0.15, 0.2) is 30.3 Å². The number of amides is 2. The molecule has 0 fully saturated rings. The fraction of sp³-hybridized carbons (Fsp3) is 0.214. The number of aliphatic carboxylic acids is 1. The zero-order valence-electron chi connectivity index (χ0n) is 11.0. The molecule has 0 saturated heterocycles. The Morgan fingerprint density at radius 3 is 2.40 bits per heavy atom. The van der Waals surface area contributed by atoms with E-state index in [-0.39, 0.29) is 12.3 Å². The molecule has 1 unspecified atom stereocenters. The van der Waals surface area contributed by atoms with Crippen LogP contribution in [0.5, 0.6) is 0 Å². The van der Waals surface area contributed by atoms with E-state index in [0.717, 1.165) is 5.56 Å². The second kappa shape index (κ2) is 7.08. The average Bonchev–Trinajstić information content (AvgIpc) is 2.35. The van der Waals surface area contributed by atoms with Gasteiger partial charge in [-0.2, -0.15) is 0 Å². The third kappa shape index (κ3) is 5.34. The highest BCUT2D eigenvalue weighted by atomic mass is 16.4. The van der Waals surface area contributed by atoms with Crippen molar-refractivity contribution >= 4 is 23.9 Å². The first-order valence-corrected chi connectivity index (χ1v) is 5.98. The Kier molecular flexibility index (Phi) is 5.46. The molecule has 0 aliphatic rings. The number of nitrogens with one attached hydrogen (secondary N) is 1. The standard InChI is InChI=1S/C14H16N2O4/c1-9(8-13(18)19)16-12(17)7-4-10-2-5-11(6-3-10)14(15)20/h2-7,9H,8H2,1H3,(H2,15,20)(H,16,17)(H,18,19)/b7-4+. The number of hydrogen-bond donors (Lipinski definition) is 3. The second-order valence-corrected chi connectivity index (χ2v) is 4.33. The van der Waals surface area contributed by atoms with E-state index in [2.05, 4.69) is 5.32 Å². The molecule has 0 heterocycles. The molecule has 0 aliphatic heterocycles. The first-order chi connectivity index (χ1) is 9.38.